The number of fused-ring (bicyclic) bond motifs is 3. The fourth-order valence-electron chi connectivity index (χ4n) is 2.83. The first kappa shape index (κ1) is 14.0. The zero-order valence-electron chi connectivity index (χ0n) is 12.0. The van der Waals surface area contributed by atoms with Crippen LogP contribution < -0.4 is 5.14 Å². The second-order valence-corrected chi connectivity index (χ2v) is 6.91. The molecule has 4 rings (SSSR count). The van der Waals surface area contributed by atoms with Crippen LogP contribution in [0.15, 0.2) is 47.9 Å². The van der Waals surface area contributed by atoms with Gasteiger partial charge in [0.2, 0.25) is 10.0 Å². The third-order valence-corrected chi connectivity index (χ3v) is 4.87. The Bertz CT molecular complexity index is 993. The Morgan fingerprint density at radius 3 is 2.61 bits per heavy atom. The SMILES string of the molecule is NS(=O)(=O)c1ccc(-n2ncc3c2-c2cncnc2CC3)cc1. The van der Waals surface area contributed by atoms with E-state index >= 15 is 0 Å². The molecule has 0 unspecified atom stereocenters. The molecular formula is C15H13N5O2S. The molecule has 0 aliphatic heterocycles. The summed E-state index contributed by atoms with van der Waals surface area (Å²) in [6.45, 7) is 0. The highest BCUT2D eigenvalue weighted by atomic mass is 32.2. The van der Waals surface area contributed by atoms with Crippen molar-refractivity contribution in [3.63, 3.8) is 0 Å². The maximum absolute atomic E-state index is 11.4. The van der Waals surface area contributed by atoms with Crippen molar-refractivity contribution in [2.24, 2.45) is 5.14 Å². The van der Waals surface area contributed by atoms with Crippen LogP contribution >= 0.6 is 0 Å². The second-order valence-electron chi connectivity index (χ2n) is 5.35. The Morgan fingerprint density at radius 2 is 1.87 bits per heavy atom. The van der Waals surface area contributed by atoms with E-state index in [0.717, 1.165) is 41.0 Å². The van der Waals surface area contributed by atoms with Crippen LogP contribution in [0.4, 0.5) is 0 Å². The van der Waals surface area contributed by atoms with Gasteiger partial charge >= 0.3 is 0 Å². The van der Waals surface area contributed by atoms with E-state index in [-0.39, 0.29) is 4.90 Å². The van der Waals surface area contributed by atoms with Crippen molar-refractivity contribution in [1.82, 2.24) is 19.7 Å². The van der Waals surface area contributed by atoms with E-state index in [0.29, 0.717) is 0 Å². The van der Waals surface area contributed by atoms with Crippen LogP contribution in [0.3, 0.4) is 0 Å². The number of nitrogens with zero attached hydrogens (tertiary/aromatic N) is 4. The molecule has 1 aliphatic carbocycles. The minimum Gasteiger partial charge on any atom is -0.244 e. The predicted octanol–water partition coefficient (Wildman–Crippen LogP) is 1.08. The van der Waals surface area contributed by atoms with E-state index in [4.69, 9.17) is 5.14 Å². The van der Waals surface area contributed by atoms with E-state index in [1.54, 1.807) is 29.3 Å². The zero-order valence-corrected chi connectivity index (χ0v) is 12.9. The number of nitrogens with two attached hydrogens (primary N) is 1. The Morgan fingerprint density at radius 1 is 1.09 bits per heavy atom. The molecule has 0 saturated heterocycles. The first-order valence-corrected chi connectivity index (χ1v) is 8.58. The summed E-state index contributed by atoms with van der Waals surface area (Å²) in [5.41, 5.74) is 4.80. The maximum atomic E-state index is 11.4. The molecule has 0 atom stereocenters. The zero-order chi connectivity index (χ0) is 16.0. The van der Waals surface area contributed by atoms with Crippen LogP contribution in [0, 0.1) is 0 Å². The van der Waals surface area contributed by atoms with Crippen LogP contribution in [-0.4, -0.2) is 28.2 Å². The molecule has 1 aromatic carbocycles. The molecule has 23 heavy (non-hydrogen) atoms. The topological polar surface area (TPSA) is 104 Å². The van der Waals surface area contributed by atoms with Crippen LogP contribution in [-0.2, 0) is 22.9 Å². The van der Waals surface area contributed by atoms with Gasteiger partial charge < -0.3 is 0 Å². The number of primary sulfonamides is 1. The minimum absolute atomic E-state index is 0.0750. The summed E-state index contributed by atoms with van der Waals surface area (Å²) >= 11 is 0. The number of hydrogen-bond acceptors (Lipinski definition) is 5. The lowest BCUT2D eigenvalue weighted by Gasteiger charge is -2.17. The number of hydrogen-bond donors (Lipinski definition) is 1. The third kappa shape index (κ3) is 2.32. The lowest BCUT2D eigenvalue weighted by atomic mass is 9.95. The van der Waals surface area contributed by atoms with Crippen LogP contribution in [0.5, 0.6) is 0 Å². The molecule has 2 N–H and O–H groups in total. The predicted molar refractivity (Wildman–Crippen MR) is 83.4 cm³/mol. The molecule has 0 amide bonds. The number of rotatable bonds is 2. The molecular weight excluding hydrogens is 314 g/mol. The first-order valence-electron chi connectivity index (χ1n) is 7.03. The average Bonchev–Trinajstić information content (AvgIpc) is 2.99. The quantitative estimate of drug-likeness (QED) is 0.758. The molecule has 8 heteroatoms. The molecule has 0 bridgehead atoms. The summed E-state index contributed by atoms with van der Waals surface area (Å²) in [4.78, 5) is 8.52. The molecule has 0 spiro atoms. The van der Waals surface area contributed by atoms with Gasteiger partial charge in [0.15, 0.2) is 0 Å². The lowest BCUT2D eigenvalue weighted by molar-refractivity contribution is 0.598. The van der Waals surface area contributed by atoms with E-state index < -0.39 is 10.0 Å². The fourth-order valence-corrected chi connectivity index (χ4v) is 3.35. The van der Waals surface area contributed by atoms with Crippen LogP contribution in [0.25, 0.3) is 16.9 Å². The Labute approximate surface area is 132 Å². The summed E-state index contributed by atoms with van der Waals surface area (Å²) in [6, 6.07) is 6.32. The van der Waals surface area contributed by atoms with Crippen molar-refractivity contribution >= 4 is 10.0 Å². The highest BCUT2D eigenvalue weighted by molar-refractivity contribution is 7.89. The van der Waals surface area contributed by atoms with E-state index in [2.05, 4.69) is 15.1 Å². The van der Waals surface area contributed by atoms with Crippen molar-refractivity contribution in [1.29, 1.82) is 0 Å². The van der Waals surface area contributed by atoms with Crippen molar-refractivity contribution in [2.75, 3.05) is 0 Å². The standard InChI is InChI=1S/C15H13N5O2S/c16-23(21,22)12-4-2-11(3-5-12)20-15-10(7-19-20)1-6-14-13(15)8-17-9-18-14/h2-5,7-9H,1,6H2,(H2,16,21,22). The summed E-state index contributed by atoms with van der Waals surface area (Å²) in [5, 5.41) is 9.57. The number of aromatic nitrogens is 4. The highest BCUT2D eigenvalue weighted by Gasteiger charge is 2.22. The Kier molecular flexibility index (Phi) is 3.03. The number of sulfonamides is 1. The first-order chi connectivity index (χ1) is 11.0. The van der Waals surface area contributed by atoms with E-state index in [1.165, 1.54) is 12.1 Å². The van der Waals surface area contributed by atoms with Crippen molar-refractivity contribution < 1.29 is 8.42 Å². The smallest absolute Gasteiger partial charge is 0.238 e. The summed E-state index contributed by atoms with van der Waals surface area (Å²) < 4.78 is 24.5. The largest absolute Gasteiger partial charge is 0.244 e. The normalized spacial score (nSPS) is 13.4. The van der Waals surface area contributed by atoms with Gasteiger partial charge in [-0.05, 0) is 42.7 Å². The van der Waals surface area contributed by atoms with Gasteiger partial charge in [0, 0.05) is 11.8 Å². The lowest BCUT2D eigenvalue weighted by Crippen LogP contribution is -2.12. The average molecular weight is 327 g/mol. The number of aryl methyl sites for hydroxylation is 2. The van der Waals surface area contributed by atoms with E-state index in [9.17, 15) is 8.42 Å². The van der Waals surface area contributed by atoms with Gasteiger partial charge in [0.25, 0.3) is 0 Å². The molecule has 3 aromatic rings. The van der Waals surface area contributed by atoms with Crippen molar-refractivity contribution in [2.45, 2.75) is 17.7 Å². The maximum Gasteiger partial charge on any atom is 0.238 e. The molecule has 2 heterocycles. The second kappa shape index (κ2) is 4.97. The highest BCUT2D eigenvalue weighted by Crippen LogP contribution is 2.33. The van der Waals surface area contributed by atoms with Crippen LogP contribution in [0.1, 0.15) is 11.3 Å². The van der Waals surface area contributed by atoms with Crippen molar-refractivity contribution in [3.8, 4) is 16.9 Å². The molecule has 0 saturated carbocycles. The van der Waals surface area contributed by atoms with Gasteiger partial charge in [-0.3, -0.25) is 0 Å². The summed E-state index contributed by atoms with van der Waals surface area (Å²) in [5.74, 6) is 0. The van der Waals surface area contributed by atoms with E-state index in [1.807, 2.05) is 6.20 Å². The van der Waals surface area contributed by atoms with Gasteiger partial charge in [-0.15, -0.1) is 0 Å². The van der Waals surface area contributed by atoms with Crippen LogP contribution in [0.2, 0.25) is 0 Å². The molecule has 0 fully saturated rings. The number of benzene rings is 1. The fraction of sp³-hybridized carbons (Fsp3) is 0.133. The third-order valence-electron chi connectivity index (χ3n) is 3.94. The molecule has 7 nitrogen and oxygen atoms in total. The molecule has 1 aliphatic rings. The molecule has 116 valence electrons. The summed E-state index contributed by atoms with van der Waals surface area (Å²) in [6.07, 6.45) is 6.90. The van der Waals surface area contributed by atoms with Gasteiger partial charge in [-0.1, -0.05) is 0 Å². The van der Waals surface area contributed by atoms with Gasteiger partial charge in [-0.2, -0.15) is 5.10 Å². The Hall–Kier alpha value is -2.58. The van der Waals surface area contributed by atoms with Gasteiger partial charge in [0.1, 0.15) is 6.33 Å². The van der Waals surface area contributed by atoms with Gasteiger partial charge in [-0.25, -0.2) is 28.2 Å². The minimum atomic E-state index is -3.70. The monoisotopic (exact) mass is 327 g/mol. The molecule has 2 aromatic heterocycles. The molecule has 0 radical (unpaired) electrons. The Balaban J connectivity index is 1.86. The van der Waals surface area contributed by atoms with Gasteiger partial charge in [0.05, 0.1) is 28.2 Å². The summed E-state index contributed by atoms with van der Waals surface area (Å²) in [7, 11) is -3.70. The van der Waals surface area contributed by atoms with Crippen molar-refractivity contribution in [3.05, 3.63) is 54.2 Å².